The topological polar surface area (TPSA) is 48.2 Å². The third-order valence-electron chi connectivity index (χ3n) is 3.13. The first-order chi connectivity index (χ1) is 11.6. The van der Waals surface area contributed by atoms with E-state index in [-0.39, 0.29) is 0 Å². The number of halogens is 2. The number of hydrogen-bond donors (Lipinski definition) is 0. The second-order valence-corrected chi connectivity index (χ2v) is 5.69. The fourth-order valence-electron chi connectivity index (χ4n) is 2.06. The number of fused-ring (bicyclic) bond motifs is 2. The lowest BCUT2D eigenvalue weighted by Crippen LogP contribution is -1.97. The van der Waals surface area contributed by atoms with Crippen molar-refractivity contribution in [3.8, 4) is 17.3 Å². The average molecular weight is 361 g/mol. The summed E-state index contributed by atoms with van der Waals surface area (Å²) in [5, 5.41) is 1.02. The molecule has 4 aromatic rings. The quantitative estimate of drug-likeness (QED) is 0.438. The van der Waals surface area contributed by atoms with E-state index in [0.717, 1.165) is 16.7 Å². The third-order valence-corrected chi connectivity index (χ3v) is 3.57. The van der Waals surface area contributed by atoms with Gasteiger partial charge in [-0.15, -0.1) is 0 Å². The first kappa shape index (κ1) is 16.6. The number of hydrogen-bond acceptors (Lipinski definition) is 4. The van der Waals surface area contributed by atoms with E-state index in [1.165, 1.54) is 0 Å². The van der Waals surface area contributed by atoms with Crippen LogP contribution in [0.2, 0.25) is 10.2 Å². The van der Waals surface area contributed by atoms with Crippen LogP contribution in [0.1, 0.15) is 6.92 Å². The normalized spacial score (nSPS) is 10.5. The van der Waals surface area contributed by atoms with E-state index in [9.17, 15) is 0 Å². The second kappa shape index (κ2) is 7.51. The zero-order chi connectivity index (χ0) is 16.9. The van der Waals surface area contributed by atoms with E-state index in [4.69, 9.17) is 32.4 Å². The van der Waals surface area contributed by atoms with Gasteiger partial charge in [-0.05, 0) is 55.5 Å². The van der Waals surface area contributed by atoms with Gasteiger partial charge in [0.05, 0.1) is 6.61 Å². The highest BCUT2D eigenvalue weighted by Gasteiger charge is 2.06. The van der Waals surface area contributed by atoms with Crippen LogP contribution < -0.4 is 4.74 Å². The Kier molecular flexibility index (Phi) is 5.18. The Morgan fingerprint density at radius 2 is 1.54 bits per heavy atom. The maximum absolute atomic E-state index is 5.91. The molecular weight excluding hydrogens is 347 g/mol. The number of furan rings is 2. The van der Waals surface area contributed by atoms with Crippen molar-refractivity contribution in [1.82, 2.24) is 9.97 Å². The number of ether oxygens (including phenoxy) is 1. The first-order valence-corrected chi connectivity index (χ1v) is 8.11. The van der Waals surface area contributed by atoms with Crippen molar-refractivity contribution >= 4 is 34.4 Å². The molecule has 6 heteroatoms. The molecule has 0 aliphatic rings. The van der Waals surface area contributed by atoms with Crippen molar-refractivity contribution in [2.75, 3.05) is 6.61 Å². The molecule has 0 saturated carbocycles. The van der Waals surface area contributed by atoms with E-state index < -0.39 is 0 Å². The highest BCUT2D eigenvalue weighted by Crippen LogP contribution is 2.22. The molecule has 0 aliphatic heterocycles. The lowest BCUT2D eigenvalue weighted by molar-refractivity contribution is 0.326. The maximum atomic E-state index is 5.91. The van der Waals surface area contributed by atoms with Crippen molar-refractivity contribution in [1.29, 1.82) is 0 Å². The van der Waals surface area contributed by atoms with E-state index >= 15 is 0 Å². The number of rotatable bonds is 3. The molecule has 24 heavy (non-hydrogen) atoms. The summed E-state index contributed by atoms with van der Waals surface area (Å²) in [6.45, 7) is 2.42. The summed E-state index contributed by atoms with van der Waals surface area (Å²) in [7, 11) is 0. The van der Waals surface area contributed by atoms with Gasteiger partial charge in [0.15, 0.2) is 5.82 Å². The van der Waals surface area contributed by atoms with Crippen molar-refractivity contribution in [2.45, 2.75) is 6.92 Å². The zero-order valence-electron chi connectivity index (χ0n) is 12.9. The monoisotopic (exact) mass is 360 g/mol. The van der Waals surface area contributed by atoms with Crippen LogP contribution in [0.5, 0.6) is 5.88 Å². The Hall–Kier alpha value is -2.30. The summed E-state index contributed by atoms with van der Waals surface area (Å²) in [4.78, 5) is 8.41. The molecule has 0 N–H and O–H groups in total. The Morgan fingerprint density at radius 1 is 0.917 bits per heavy atom. The summed E-state index contributed by atoms with van der Waals surface area (Å²) in [6, 6.07) is 16.6. The van der Waals surface area contributed by atoms with Crippen molar-refractivity contribution in [2.24, 2.45) is 0 Å². The highest BCUT2D eigenvalue weighted by molar-refractivity contribution is 6.30. The van der Waals surface area contributed by atoms with Gasteiger partial charge in [-0.2, -0.15) is 4.98 Å². The summed E-state index contributed by atoms with van der Waals surface area (Å²) in [5.41, 5.74) is 2.78. The Balaban J connectivity index is 0.000000198. The van der Waals surface area contributed by atoms with Gasteiger partial charge >= 0.3 is 0 Å². The number of aromatic nitrogens is 2. The summed E-state index contributed by atoms with van der Waals surface area (Å²) in [6.07, 6.45) is 0. The second-order valence-electron chi connectivity index (χ2n) is 4.87. The molecule has 3 aromatic heterocycles. The minimum Gasteiger partial charge on any atom is -0.478 e. The molecule has 0 amide bonds. The van der Waals surface area contributed by atoms with Crippen molar-refractivity contribution in [3.05, 3.63) is 64.8 Å². The minimum atomic E-state index is 0.355. The zero-order valence-corrected chi connectivity index (χ0v) is 14.4. The molecule has 3 heterocycles. The van der Waals surface area contributed by atoms with Gasteiger partial charge in [-0.3, -0.25) is 0 Å². The van der Waals surface area contributed by atoms with Crippen molar-refractivity contribution in [3.63, 3.8) is 0 Å². The van der Waals surface area contributed by atoms with Crippen LogP contribution in [-0.2, 0) is 0 Å². The third kappa shape index (κ3) is 4.16. The minimum absolute atomic E-state index is 0.355. The predicted molar refractivity (Wildman–Crippen MR) is 96.1 cm³/mol. The standard InChI is InChI=1S/C12H10Cl2N2O.C6H4O/c1-2-17-11-7-10(14)15-12(16-11)8-3-5-9(13)6-4-8;1-2-6-4-3-5(1)7-6/h3-7H,2H2,1H3;1-4H. The lowest BCUT2D eigenvalue weighted by atomic mass is 10.2. The van der Waals surface area contributed by atoms with Crippen LogP contribution in [0.25, 0.3) is 22.6 Å². The Morgan fingerprint density at radius 3 is 2.04 bits per heavy atom. The average Bonchev–Trinajstić information content (AvgIpc) is 3.21. The largest absolute Gasteiger partial charge is 0.478 e. The van der Waals surface area contributed by atoms with Gasteiger partial charge in [0.25, 0.3) is 0 Å². The molecule has 0 aliphatic carbocycles. The van der Waals surface area contributed by atoms with Gasteiger partial charge in [-0.25, -0.2) is 4.98 Å². The molecule has 0 atom stereocenters. The van der Waals surface area contributed by atoms with Crippen LogP contribution in [0.3, 0.4) is 0 Å². The molecule has 2 bridgehead atoms. The van der Waals surface area contributed by atoms with Gasteiger partial charge in [0, 0.05) is 16.7 Å². The molecule has 0 fully saturated rings. The van der Waals surface area contributed by atoms with E-state index in [2.05, 4.69) is 9.97 Å². The van der Waals surface area contributed by atoms with Crippen LogP contribution in [0, 0.1) is 0 Å². The predicted octanol–water partition coefficient (Wildman–Crippen LogP) is 5.72. The molecule has 0 saturated heterocycles. The van der Waals surface area contributed by atoms with E-state index in [1.807, 2.05) is 43.3 Å². The highest BCUT2D eigenvalue weighted by atomic mass is 35.5. The fourth-order valence-corrected chi connectivity index (χ4v) is 2.36. The molecule has 4 nitrogen and oxygen atoms in total. The Bertz CT molecular complexity index is 862. The first-order valence-electron chi connectivity index (χ1n) is 7.35. The molecule has 0 unspecified atom stereocenters. The molecule has 122 valence electrons. The van der Waals surface area contributed by atoms with Gasteiger partial charge in [0.1, 0.15) is 16.3 Å². The summed E-state index contributed by atoms with van der Waals surface area (Å²) < 4.78 is 10.4. The molecule has 0 spiro atoms. The summed E-state index contributed by atoms with van der Waals surface area (Å²) >= 11 is 11.7. The fraction of sp³-hybridized carbons (Fsp3) is 0.111. The Labute approximate surface area is 149 Å². The molecular formula is C18H14Cl2N2O2. The molecule has 0 radical (unpaired) electrons. The van der Waals surface area contributed by atoms with Gasteiger partial charge in [-0.1, -0.05) is 23.2 Å². The summed E-state index contributed by atoms with van der Waals surface area (Å²) in [5.74, 6) is 0.995. The number of benzene rings is 2. The molecule has 1 aromatic carbocycles. The van der Waals surface area contributed by atoms with Gasteiger partial charge in [0.2, 0.25) is 5.88 Å². The van der Waals surface area contributed by atoms with Crippen molar-refractivity contribution < 1.29 is 9.15 Å². The smallest absolute Gasteiger partial charge is 0.218 e. The van der Waals surface area contributed by atoms with E-state index in [1.54, 1.807) is 18.2 Å². The van der Waals surface area contributed by atoms with E-state index in [0.29, 0.717) is 28.5 Å². The van der Waals surface area contributed by atoms with Crippen LogP contribution in [0.4, 0.5) is 0 Å². The maximum Gasteiger partial charge on any atom is 0.218 e. The van der Waals surface area contributed by atoms with Gasteiger partial charge < -0.3 is 9.15 Å². The SMILES string of the molecule is CCOc1cc(Cl)nc(-c2ccc(Cl)cc2)n1.c1cc2ccc1o2. The molecule has 4 rings (SSSR count). The lowest BCUT2D eigenvalue weighted by Gasteiger charge is -2.05. The van der Waals surface area contributed by atoms with Crippen LogP contribution >= 0.6 is 23.2 Å². The number of nitrogens with zero attached hydrogens (tertiary/aromatic N) is 2. The van der Waals surface area contributed by atoms with Crippen LogP contribution in [-0.4, -0.2) is 16.6 Å². The van der Waals surface area contributed by atoms with Crippen LogP contribution in [0.15, 0.2) is 59.0 Å².